The van der Waals surface area contributed by atoms with Gasteiger partial charge < -0.3 is 32.8 Å². The molecule has 0 aliphatic heterocycles. The average molecular weight is 402 g/mol. The number of hydrogen-bond acceptors (Lipinski definition) is 8. The smallest absolute Gasteiger partial charge is 0.235 e. The van der Waals surface area contributed by atoms with Crippen LogP contribution < -0.4 is 33.8 Å². The molecule has 0 saturated heterocycles. The minimum absolute atomic E-state index is 0.0407. The fourth-order valence-corrected chi connectivity index (χ4v) is 3.09. The Labute approximate surface area is 167 Å². The first-order valence-corrected chi connectivity index (χ1v) is 8.60. The summed E-state index contributed by atoms with van der Waals surface area (Å²) in [6.45, 7) is 0. The van der Waals surface area contributed by atoms with Crippen LogP contribution in [0.4, 0.5) is 0 Å². The molecule has 0 saturated carbocycles. The maximum atomic E-state index is 13.1. The molecule has 0 aliphatic carbocycles. The zero-order valence-corrected chi connectivity index (χ0v) is 17.1. The summed E-state index contributed by atoms with van der Waals surface area (Å²) < 4.78 is 38.2. The zero-order valence-electron chi connectivity index (χ0n) is 17.1. The van der Waals surface area contributed by atoms with Gasteiger partial charge in [0.2, 0.25) is 16.9 Å². The summed E-state index contributed by atoms with van der Waals surface area (Å²) in [7, 11) is 8.92. The van der Waals surface area contributed by atoms with Crippen LogP contribution in [0.5, 0.6) is 34.5 Å². The van der Waals surface area contributed by atoms with Crippen LogP contribution in [0.2, 0.25) is 0 Å². The van der Waals surface area contributed by atoms with E-state index >= 15 is 0 Å². The van der Waals surface area contributed by atoms with E-state index in [9.17, 15) is 4.79 Å². The van der Waals surface area contributed by atoms with Crippen LogP contribution in [-0.2, 0) is 0 Å². The molecule has 0 atom stereocenters. The van der Waals surface area contributed by atoms with Crippen molar-refractivity contribution in [3.05, 3.63) is 34.5 Å². The van der Waals surface area contributed by atoms with Gasteiger partial charge in [-0.3, -0.25) is 4.79 Å². The van der Waals surface area contributed by atoms with Crippen molar-refractivity contribution in [3.63, 3.8) is 0 Å². The first-order valence-electron chi connectivity index (χ1n) is 8.60. The molecule has 0 spiro atoms. The third-order valence-electron chi connectivity index (χ3n) is 4.49. The normalized spacial score (nSPS) is 10.6. The highest BCUT2D eigenvalue weighted by atomic mass is 16.5. The molecule has 0 bridgehead atoms. The van der Waals surface area contributed by atoms with Crippen molar-refractivity contribution in [2.45, 2.75) is 0 Å². The SMILES string of the molecule is COc1cc2oc(-c3cc(OC)c(OC)c(OC)c3)c(OC)c(=O)c2cc1OC. The minimum atomic E-state index is -0.349. The third kappa shape index (κ3) is 3.37. The number of fused-ring (bicyclic) bond motifs is 1. The number of ether oxygens (including phenoxy) is 6. The maximum Gasteiger partial charge on any atom is 0.235 e. The van der Waals surface area contributed by atoms with Gasteiger partial charge in [0.15, 0.2) is 28.8 Å². The summed E-state index contributed by atoms with van der Waals surface area (Å²) in [6, 6.07) is 6.50. The van der Waals surface area contributed by atoms with E-state index in [0.717, 1.165) is 0 Å². The van der Waals surface area contributed by atoms with E-state index in [1.54, 1.807) is 24.3 Å². The van der Waals surface area contributed by atoms with Crippen molar-refractivity contribution < 1.29 is 32.8 Å². The minimum Gasteiger partial charge on any atom is -0.493 e. The van der Waals surface area contributed by atoms with Crippen molar-refractivity contribution in [2.24, 2.45) is 0 Å². The number of rotatable bonds is 7. The molecule has 0 amide bonds. The van der Waals surface area contributed by atoms with Crippen LogP contribution >= 0.6 is 0 Å². The van der Waals surface area contributed by atoms with Crippen LogP contribution in [0, 0.1) is 0 Å². The Bertz CT molecular complexity index is 1080. The predicted octanol–water partition coefficient (Wildman–Crippen LogP) is 3.51. The molecule has 3 aromatic rings. The maximum absolute atomic E-state index is 13.1. The fourth-order valence-electron chi connectivity index (χ4n) is 3.09. The predicted molar refractivity (Wildman–Crippen MR) is 107 cm³/mol. The van der Waals surface area contributed by atoms with Gasteiger partial charge in [0.1, 0.15) is 5.58 Å². The summed E-state index contributed by atoms with van der Waals surface area (Å²) in [6.07, 6.45) is 0. The second-order valence-electron chi connectivity index (χ2n) is 5.91. The molecular formula is C21H22O8. The van der Waals surface area contributed by atoms with Gasteiger partial charge in [0.05, 0.1) is 48.0 Å². The molecule has 0 aliphatic rings. The van der Waals surface area contributed by atoms with Crippen molar-refractivity contribution in [1.29, 1.82) is 0 Å². The van der Waals surface area contributed by atoms with Gasteiger partial charge in [0, 0.05) is 11.6 Å². The number of methoxy groups -OCH3 is 6. The molecule has 0 radical (unpaired) electrons. The highest BCUT2D eigenvalue weighted by Gasteiger charge is 2.22. The van der Waals surface area contributed by atoms with E-state index in [2.05, 4.69) is 0 Å². The molecule has 8 heteroatoms. The van der Waals surface area contributed by atoms with E-state index in [0.29, 0.717) is 45.3 Å². The highest BCUT2D eigenvalue weighted by Crippen LogP contribution is 2.43. The van der Waals surface area contributed by atoms with Gasteiger partial charge in [0.25, 0.3) is 0 Å². The Morgan fingerprint density at radius 3 is 1.62 bits per heavy atom. The summed E-state index contributed by atoms with van der Waals surface area (Å²) in [5.41, 5.74) is 0.487. The van der Waals surface area contributed by atoms with E-state index in [1.165, 1.54) is 42.7 Å². The van der Waals surface area contributed by atoms with Crippen molar-refractivity contribution in [3.8, 4) is 45.8 Å². The molecule has 0 unspecified atom stereocenters. The molecule has 154 valence electrons. The van der Waals surface area contributed by atoms with Crippen molar-refractivity contribution >= 4 is 11.0 Å². The zero-order chi connectivity index (χ0) is 21.1. The Kier molecular flexibility index (Phi) is 5.72. The molecule has 8 nitrogen and oxygen atoms in total. The first kappa shape index (κ1) is 20.2. The lowest BCUT2D eigenvalue weighted by Crippen LogP contribution is -2.08. The molecule has 1 aromatic heterocycles. The summed E-state index contributed by atoms with van der Waals surface area (Å²) in [5, 5.41) is 0.302. The van der Waals surface area contributed by atoms with Gasteiger partial charge in [-0.15, -0.1) is 0 Å². The van der Waals surface area contributed by atoms with Crippen LogP contribution in [-0.4, -0.2) is 42.7 Å². The Morgan fingerprint density at radius 2 is 1.14 bits per heavy atom. The van der Waals surface area contributed by atoms with Gasteiger partial charge in [-0.05, 0) is 18.2 Å². The first-order chi connectivity index (χ1) is 14.0. The fraction of sp³-hybridized carbons (Fsp3) is 0.286. The van der Waals surface area contributed by atoms with Gasteiger partial charge >= 0.3 is 0 Å². The Balaban J connectivity index is 2.36. The monoisotopic (exact) mass is 402 g/mol. The molecule has 0 fully saturated rings. The average Bonchev–Trinajstić information content (AvgIpc) is 2.76. The van der Waals surface area contributed by atoms with E-state index < -0.39 is 0 Å². The lowest BCUT2D eigenvalue weighted by Gasteiger charge is -2.15. The number of benzene rings is 2. The van der Waals surface area contributed by atoms with Crippen LogP contribution in [0.1, 0.15) is 0 Å². The summed E-state index contributed by atoms with van der Waals surface area (Å²) in [4.78, 5) is 13.1. The highest BCUT2D eigenvalue weighted by molar-refractivity contribution is 5.85. The second-order valence-corrected chi connectivity index (χ2v) is 5.91. The lowest BCUT2D eigenvalue weighted by molar-refractivity contribution is 0.324. The van der Waals surface area contributed by atoms with Gasteiger partial charge in [-0.2, -0.15) is 0 Å². The van der Waals surface area contributed by atoms with Crippen molar-refractivity contribution in [2.75, 3.05) is 42.7 Å². The lowest BCUT2D eigenvalue weighted by atomic mass is 10.1. The molecule has 3 rings (SSSR count). The summed E-state index contributed by atoms with van der Waals surface area (Å²) >= 11 is 0. The van der Waals surface area contributed by atoms with E-state index in [1.807, 2.05) is 0 Å². The standard InChI is InChI=1S/C21H22O8/c1-23-14-9-12-13(10-15(14)24-2)29-19(21(28-6)18(12)22)11-7-16(25-3)20(27-5)17(8-11)26-4/h7-10H,1-6H3. The second kappa shape index (κ2) is 8.22. The number of hydrogen-bond donors (Lipinski definition) is 0. The van der Waals surface area contributed by atoms with E-state index in [4.69, 9.17) is 32.8 Å². The largest absolute Gasteiger partial charge is 0.493 e. The Morgan fingerprint density at radius 1 is 0.621 bits per heavy atom. The van der Waals surface area contributed by atoms with Gasteiger partial charge in [-0.25, -0.2) is 0 Å². The molecule has 1 heterocycles. The summed E-state index contributed by atoms with van der Waals surface area (Å²) in [5.74, 6) is 2.36. The topological polar surface area (TPSA) is 85.6 Å². The van der Waals surface area contributed by atoms with E-state index in [-0.39, 0.29) is 16.9 Å². The Hall–Kier alpha value is -3.55. The van der Waals surface area contributed by atoms with Crippen LogP contribution in [0.3, 0.4) is 0 Å². The van der Waals surface area contributed by atoms with Crippen LogP contribution in [0.15, 0.2) is 33.5 Å². The molecular weight excluding hydrogens is 380 g/mol. The van der Waals surface area contributed by atoms with Crippen LogP contribution in [0.25, 0.3) is 22.3 Å². The van der Waals surface area contributed by atoms with Crippen molar-refractivity contribution in [1.82, 2.24) is 0 Å². The molecule has 2 aromatic carbocycles. The van der Waals surface area contributed by atoms with Gasteiger partial charge in [-0.1, -0.05) is 0 Å². The molecule has 29 heavy (non-hydrogen) atoms. The quantitative estimate of drug-likeness (QED) is 0.594. The molecule has 0 N–H and O–H groups in total. The third-order valence-corrected chi connectivity index (χ3v) is 4.49.